The highest BCUT2D eigenvalue weighted by atomic mass is 19.1. The third-order valence-electron chi connectivity index (χ3n) is 3.37. The standard InChI is InChI=1S/C15H16FNO3/c16-13-6-3-11(4-7-13)5-8-14(18)17-9-1-2-12(10-17)15(19)20/h3-8,12H,1-2,9-10H2,(H,19,20)/b8-5-/t12-/m0/s1. The number of likely N-dealkylation sites (tertiary alicyclic amines) is 1. The van der Waals surface area contributed by atoms with Crippen LogP contribution in [0.15, 0.2) is 30.3 Å². The fourth-order valence-corrected chi connectivity index (χ4v) is 2.23. The zero-order valence-electron chi connectivity index (χ0n) is 11.0. The van der Waals surface area contributed by atoms with Gasteiger partial charge in [0.05, 0.1) is 5.92 Å². The number of rotatable bonds is 3. The molecule has 0 spiro atoms. The lowest BCUT2D eigenvalue weighted by molar-refractivity contribution is -0.144. The maximum Gasteiger partial charge on any atom is 0.308 e. The Morgan fingerprint density at radius 3 is 2.65 bits per heavy atom. The van der Waals surface area contributed by atoms with Crippen molar-refractivity contribution in [3.8, 4) is 0 Å². The normalized spacial score (nSPS) is 19.2. The van der Waals surface area contributed by atoms with Crippen molar-refractivity contribution in [1.29, 1.82) is 0 Å². The van der Waals surface area contributed by atoms with Crippen molar-refractivity contribution < 1.29 is 19.1 Å². The average molecular weight is 277 g/mol. The number of piperidine rings is 1. The van der Waals surface area contributed by atoms with E-state index in [1.807, 2.05) is 0 Å². The van der Waals surface area contributed by atoms with E-state index in [-0.39, 0.29) is 18.3 Å². The Morgan fingerprint density at radius 1 is 1.30 bits per heavy atom. The van der Waals surface area contributed by atoms with Crippen LogP contribution in [0, 0.1) is 11.7 Å². The van der Waals surface area contributed by atoms with E-state index in [2.05, 4.69) is 0 Å². The van der Waals surface area contributed by atoms with Crippen molar-refractivity contribution in [1.82, 2.24) is 4.90 Å². The van der Waals surface area contributed by atoms with Gasteiger partial charge in [0.25, 0.3) is 0 Å². The number of aliphatic carboxylic acids is 1. The zero-order valence-corrected chi connectivity index (χ0v) is 11.0. The Balaban J connectivity index is 1.97. The minimum atomic E-state index is -0.856. The summed E-state index contributed by atoms with van der Waals surface area (Å²) in [5.74, 6) is -1.87. The lowest BCUT2D eigenvalue weighted by Gasteiger charge is -2.29. The van der Waals surface area contributed by atoms with Gasteiger partial charge in [0.15, 0.2) is 0 Å². The first-order valence-electron chi connectivity index (χ1n) is 6.51. The Kier molecular flexibility index (Phi) is 4.50. The molecule has 1 aromatic rings. The van der Waals surface area contributed by atoms with Crippen LogP contribution in [0.2, 0.25) is 0 Å². The molecule has 0 aromatic heterocycles. The molecule has 0 radical (unpaired) electrons. The van der Waals surface area contributed by atoms with E-state index in [0.717, 1.165) is 5.56 Å². The number of carbonyl (C=O) groups excluding carboxylic acids is 1. The first kappa shape index (κ1) is 14.2. The van der Waals surface area contributed by atoms with Crippen LogP contribution >= 0.6 is 0 Å². The van der Waals surface area contributed by atoms with Gasteiger partial charge in [0.2, 0.25) is 5.91 Å². The van der Waals surface area contributed by atoms with Crippen molar-refractivity contribution in [2.24, 2.45) is 5.92 Å². The molecule has 20 heavy (non-hydrogen) atoms. The molecule has 1 heterocycles. The third kappa shape index (κ3) is 3.66. The molecule has 0 bridgehead atoms. The van der Waals surface area contributed by atoms with Crippen LogP contribution in [-0.4, -0.2) is 35.0 Å². The van der Waals surface area contributed by atoms with Gasteiger partial charge in [0.1, 0.15) is 5.82 Å². The van der Waals surface area contributed by atoms with E-state index >= 15 is 0 Å². The number of nitrogens with zero attached hydrogens (tertiary/aromatic N) is 1. The molecule has 2 rings (SSSR count). The fourth-order valence-electron chi connectivity index (χ4n) is 2.23. The van der Waals surface area contributed by atoms with Crippen LogP contribution in [0.5, 0.6) is 0 Å². The van der Waals surface area contributed by atoms with E-state index in [1.54, 1.807) is 23.1 Å². The second-order valence-electron chi connectivity index (χ2n) is 4.85. The first-order valence-corrected chi connectivity index (χ1v) is 6.51. The van der Waals surface area contributed by atoms with Gasteiger partial charge in [-0.2, -0.15) is 0 Å². The monoisotopic (exact) mass is 277 g/mol. The van der Waals surface area contributed by atoms with Crippen LogP contribution in [0.1, 0.15) is 18.4 Å². The Labute approximate surface area is 116 Å². The number of benzene rings is 1. The Bertz CT molecular complexity index is 524. The number of hydrogen-bond acceptors (Lipinski definition) is 2. The van der Waals surface area contributed by atoms with Crippen molar-refractivity contribution in [3.63, 3.8) is 0 Å². The first-order chi connectivity index (χ1) is 9.56. The topological polar surface area (TPSA) is 57.6 Å². The fraction of sp³-hybridized carbons (Fsp3) is 0.333. The molecule has 1 fully saturated rings. The molecule has 106 valence electrons. The van der Waals surface area contributed by atoms with Crippen LogP contribution in [-0.2, 0) is 9.59 Å². The summed E-state index contributed by atoms with van der Waals surface area (Å²) in [4.78, 5) is 24.5. The van der Waals surface area contributed by atoms with E-state index in [1.165, 1.54) is 18.2 Å². The maximum absolute atomic E-state index is 12.7. The number of carboxylic acids is 1. The highest BCUT2D eigenvalue weighted by Gasteiger charge is 2.26. The number of amides is 1. The minimum Gasteiger partial charge on any atom is -0.481 e. The maximum atomic E-state index is 12.7. The number of carboxylic acid groups (broad SMARTS) is 1. The van der Waals surface area contributed by atoms with Gasteiger partial charge < -0.3 is 10.0 Å². The second kappa shape index (κ2) is 6.32. The molecule has 1 saturated heterocycles. The van der Waals surface area contributed by atoms with Gasteiger partial charge in [-0.3, -0.25) is 9.59 Å². The average Bonchev–Trinajstić information content (AvgIpc) is 2.46. The minimum absolute atomic E-state index is 0.208. The predicted octanol–water partition coefficient (Wildman–Crippen LogP) is 2.16. The Hall–Kier alpha value is -2.17. The number of halogens is 1. The molecular weight excluding hydrogens is 261 g/mol. The van der Waals surface area contributed by atoms with E-state index < -0.39 is 11.9 Å². The Morgan fingerprint density at radius 2 is 2.00 bits per heavy atom. The van der Waals surface area contributed by atoms with Gasteiger partial charge in [-0.1, -0.05) is 12.1 Å². The molecule has 1 N–H and O–H groups in total. The third-order valence-corrected chi connectivity index (χ3v) is 3.37. The van der Waals surface area contributed by atoms with E-state index in [0.29, 0.717) is 19.4 Å². The summed E-state index contributed by atoms with van der Waals surface area (Å²) < 4.78 is 12.7. The summed E-state index contributed by atoms with van der Waals surface area (Å²) in [6.07, 6.45) is 4.32. The number of carbonyl (C=O) groups is 2. The molecule has 0 aliphatic carbocycles. The summed E-state index contributed by atoms with van der Waals surface area (Å²) in [7, 11) is 0. The summed E-state index contributed by atoms with van der Waals surface area (Å²) in [6, 6.07) is 5.81. The van der Waals surface area contributed by atoms with Crippen LogP contribution in [0.4, 0.5) is 4.39 Å². The molecular formula is C15H16FNO3. The van der Waals surface area contributed by atoms with Crippen LogP contribution in [0.3, 0.4) is 0 Å². The predicted molar refractivity (Wildman–Crippen MR) is 72.4 cm³/mol. The van der Waals surface area contributed by atoms with Gasteiger partial charge >= 0.3 is 5.97 Å². The van der Waals surface area contributed by atoms with Gasteiger partial charge in [0, 0.05) is 19.2 Å². The summed E-state index contributed by atoms with van der Waals surface area (Å²) >= 11 is 0. The molecule has 0 saturated carbocycles. The molecule has 1 aliphatic rings. The quantitative estimate of drug-likeness (QED) is 0.861. The SMILES string of the molecule is O=C(O)[C@H]1CCCN(C(=O)/C=C\c2ccc(F)cc2)C1. The molecule has 1 amide bonds. The molecule has 1 aliphatic heterocycles. The highest BCUT2D eigenvalue weighted by Crippen LogP contribution is 2.17. The van der Waals surface area contributed by atoms with Gasteiger partial charge in [-0.15, -0.1) is 0 Å². The van der Waals surface area contributed by atoms with Gasteiger partial charge in [-0.05, 0) is 36.6 Å². The highest BCUT2D eigenvalue weighted by molar-refractivity contribution is 5.92. The number of hydrogen-bond donors (Lipinski definition) is 1. The zero-order chi connectivity index (χ0) is 14.5. The summed E-state index contributed by atoms with van der Waals surface area (Å²) in [5.41, 5.74) is 0.728. The lowest BCUT2D eigenvalue weighted by atomic mass is 9.98. The van der Waals surface area contributed by atoms with Gasteiger partial charge in [-0.25, -0.2) is 4.39 Å². The second-order valence-corrected chi connectivity index (χ2v) is 4.85. The summed E-state index contributed by atoms with van der Waals surface area (Å²) in [6.45, 7) is 0.832. The van der Waals surface area contributed by atoms with Crippen molar-refractivity contribution in [2.75, 3.05) is 13.1 Å². The van der Waals surface area contributed by atoms with Crippen molar-refractivity contribution >= 4 is 18.0 Å². The molecule has 1 aromatic carbocycles. The molecule has 0 unspecified atom stereocenters. The van der Waals surface area contributed by atoms with Crippen molar-refractivity contribution in [2.45, 2.75) is 12.8 Å². The van der Waals surface area contributed by atoms with E-state index in [4.69, 9.17) is 5.11 Å². The smallest absolute Gasteiger partial charge is 0.308 e. The molecule has 5 heteroatoms. The van der Waals surface area contributed by atoms with Crippen LogP contribution < -0.4 is 0 Å². The molecule has 4 nitrogen and oxygen atoms in total. The lowest BCUT2D eigenvalue weighted by Crippen LogP contribution is -2.41. The molecule has 1 atom stereocenters. The van der Waals surface area contributed by atoms with Crippen LogP contribution in [0.25, 0.3) is 6.08 Å². The van der Waals surface area contributed by atoms with E-state index in [9.17, 15) is 14.0 Å². The van der Waals surface area contributed by atoms with Crippen molar-refractivity contribution in [3.05, 3.63) is 41.7 Å². The largest absolute Gasteiger partial charge is 0.481 e. The summed E-state index contributed by atoms with van der Waals surface area (Å²) in [5, 5.41) is 8.98.